The van der Waals surface area contributed by atoms with Crippen molar-refractivity contribution in [3.63, 3.8) is 0 Å². The zero-order valence-corrected chi connectivity index (χ0v) is 10.7. The van der Waals surface area contributed by atoms with Gasteiger partial charge in [-0.15, -0.1) is 0 Å². The summed E-state index contributed by atoms with van der Waals surface area (Å²) >= 11 is 0. The van der Waals surface area contributed by atoms with E-state index in [4.69, 9.17) is 4.74 Å². The fourth-order valence-electron chi connectivity index (χ4n) is 1.83. The molecule has 0 saturated carbocycles. The summed E-state index contributed by atoms with van der Waals surface area (Å²) < 4.78 is 8.48. The summed E-state index contributed by atoms with van der Waals surface area (Å²) in [5.41, 5.74) is 0. The van der Waals surface area contributed by atoms with Gasteiger partial charge in [-0.1, -0.05) is 0 Å². The van der Waals surface area contributed by atoms with Gasteiger partial charge in [-0.25, -0.2) is 14.8 Å². The van der Waals surface area contributed by atoms with Gasteiger partial charge < -0.3 is 13.9 Å². The zero-order valence-electron chi connectivity index (χ0n) is 10.7. The van der Waals surface area contributed by atoms with E-state index in [1.165, 1.54) is 7.11 Å². The molecule has 2 rings (SSSR count). The van der Waals surface area contributed by atoms with Crippen LogP contribution in [0.3, 0.4) is 0 Å². The second kappa shape index (κ2) is 5.03. The second-order valence-electron chi connectivity index (χ2n) is 4.08. The summed E-state index contributed by atoms with van der Waals surface area (Å²) in [6.45, 7) is 1.79. The average Bonchev–Trinajstić information content (AvgIpc) is 2.98. The molecule has 96 valence electrons. The molecule has 6 heteroatoms. The van der Waals surface area contributed by atoms with E-state index in [0.29, 0.717) is 6.42 Å². The maximum atomic E-state index is 11.5. The van der Waals surface area contributed by atoms with E-state index in [9.17, 15) is 4.79 Å². The molecule has 2 aromatic heterocycles. The summed E-state index contributed by atoms with van der Waals surface area (Å²) in [7, 11) is 3.31. The van der Waals surface area contributed by atoms with Gasteiger partial charge in [0.05, 0.1) is 13.5 Å². The minimum atomic E-state index is -0.382. The highest BCUT2D eigenvalue weighted by molar-refractivity contribution is 5.73. The monoisotopic (exact) mass is 248 g/mol. The number of rotatable bonds is 4. The Morgan fingerprint density at radius 3 is 2.61 bits per heavy atom. The zero-order chi connectivity index (χ0) is 13.1. The number of ether oxygens (including phenoxy) is 1. The Morgan fingerprint density at radius 1 is 1.33 bits per heavy atom. The minimum Gasteiger partial charge on any atom is -0.467 e. The van der Waals surface area contributed by atoms with Crippen LogP contribution in [0.4, 0.5) is 0 Å². The number of aryl methyl sites for hydroxylation is 1. The van der Waals surface area contributed by atoms with Crippen molar-refractivity contribution in [2.75, 3.05) is 7.11 Å². The van der Waals surface area contributed by atoms with Crippen LogP contribution in [-0.4, -0.2) is 32.2 Å². The first-order valence-electron chi connectivity index (χ1n) is 5.69. The molecule has 0 aliphatic rings. The standard InChI is InChI=1S/C12H16N4O2/c1-9(12(17)18-3)16-7-5-14-11(16)8-10-13-4-6-15(10)2/h4-7,9H,8H2,1-3H3. The molecule has 6 nitrogen and oxygen atoms in total. The van der Waals surface area contributed by atoms with Gasteiger partial charge in [0.15, 0.2) is 0 Å². The van der Waals surface area contributed by atoms with E-state index in [0.717, 1.165) is 11.6 Å². The van der Waals surface area contributed by atoms with Crippen molar-refractivity contribution in [1.82, 2.24) is 19.1 Å². The Hall–Kier alpha value is -2.11. The molecule has 0 saturated heterocycles. The van der Waals surface area contributed by atoms with Crippen LogP contribution >= 0.6 is 0 Å². The highest BCUT2D eigenvalue weighted by atomic mass is 16.5. The Kier molecular flexibility index (Phi) is 3.45. The van der Waals surface area contributed by atoms with Gasteiger partial charge in [0.2, 0.25) is 0 Å². The molecular weight excluding hydrogens is 232 g/mol. The lowest BCUT2D eigenvalue weighted by Gasteiger charge is -2.13. The van der Waals surface area contributed by atoms with Crippen molar-refractivity contribution < 1.29 is 9.53 Å². The number of carbonyl (C=O) groups excluding carboxylic acids is 1. The molecule has 2 aromatic rings. The molecule has 0 radical (unpaired) electrons. The van der Waals surface area contributed by atoms with E-state index in [1.54, 1.807) is 30.1 Å². The van der Waals surface area contributed by atoms with Gasteiger partial charge in [0.25, 0.3) is 0 Å². The Balaban J connectivity index is 2.23. The van der Waals surface area contributed by atoms with E-state index < -0.39 is 0 Å². The molecule has 0 aliphatic heterocycles. The number of esters is 1. The average molecular weight is 248 g/mol. The molecule has 0 N–H and O–H groups in total. The van der Waals surface area contributed by atoms with Gasteiger partial charge in [0.1, 0.15) is 17.7 Å². The third kappa shape index (κ3) is 2.27. The SMILES string of the molecule is COC(=O)C(C)n1ccnc1Cc1nccn1C. The molecule has 0 amide bonds. The van der Waals surface area contributed by atoms with Crippen molar-refractivity contribution in [2.45, 2.75) is 19.4 Å². The van der Waals surface area contributed by atoms with Crippen LogP contribution in [0.25, 0.3) is 0 Å². The number of nitrogens with zero attached hydrogens (tertiary/aromatic N) is 4. The quantitative estimate of drug-likeness (QED) is 0.755. The number of carbonyl (C=O) groups is 1. The Labute approximate surface area is 105 Å². The first kappa shape index (κ1) is 12.3. The Morgan fingerprint density at radius 2 is 2.00 bits per heavy atom. The molecule has 1 unspecified atom stereocenters. The summed E-state index contributed by atoms with van der Waals surface area (Å²) in [6, 6.07) is -0.382. The molecule has 0 aliphatic carbocycles. The number of hydrogen-bond acceptors (Lipinski definition) is 4. The first-order chi connectivity index (χ1) is 8.63. The van der Waals surface area contributed by atoms with E-state index in [2.05, 4.69) is 9.97 Å². The van der Waals surface area contributed by atoms with Crippen molar-refractivity contribution in [2.24, 2.45) is 7.05 Å². The fourth-order valence-corrected chi connectivity index (χ4v) is 1.83. The summed E-state index contributed by atoms with van der Waals surface area (Å²) in [6.07, 6.45) is 7.66. The first-order valence-corrected chi connectivity index (χ1v) is 5.69. The summed E-state index contributed by atoms with van der Waals surface area (Å²) in [5.74, 6) is 1.41. The van der Waals surface area contributed by atoms with Crippen LogP contribution in [0.1, 0.15) is 24.6 Å². The predicted molar refractivity (Wildman–Crippen MR) is 65.0 cm³/mol. The summed E-state index contributed by atoms with van der Waals surface area (Å²) in [5, 5.41) is 0. The molecule has 2 heterocycles. The third-order valence-corrected chi connectivity index (χ3v) is 2.95. The highest BCUT2D eigenvalue weighted by Crippen LogP contribution is 2.13. The van der Waals surface area contributed by atoms with Crippen molar-refractivity contribution >= 4 is 5.97 Å². The number of imidazole rings is 2. The van der Waals surface area contributed by atoms with Crippen LogP contribution in [0, 0.1) is 0 Å². The lowest BCUT2D eigenvalue weighted by molar-refractivity contribution is -0.144. The van der Waals surface area contributed by atoms with Gasteiger partial charge in [-0.3, -0.25) is 0 Å². The van der Waals surface area contributed by atoms with E-state index in [1.807, 2.05) is 17.8 Å². The molecule has 1 atom stereocenters. The Bertz CT molecular complexity index is 544. The van der Waals surface area contributed by atoms with Crippen LogP contribution in [0.5, 0.6) is 0 Å². The van der Waals surface area contributed by atoms with Crippen LogP contribution < -0.4 is 0 Å². The number of methoxy groups -OCH3 is 1. The molecule has 0 bridgehead atoms. The molecular formula is C12H16N4O2. The van der Waals surface area contributed by atoms with Gasteiger partial charge in [0, 0.05) is 31.8 Å². The smallest absolute Gasteiger partial charge is 0.328 e. The highest BCUT2D eigenvalue weighted by Gasteiger charge is 2.18. The van der Waals surface area contributed by atoms with Crippen molar-refractivity contribution in [1.29, 1.82) is 0 Å². The second-order valence-corrected chi connectivity index (χ2v) is 4.08. The predicted octanol–water partition coefficient (Wildman–Crippen LogP) is 0.941. The number of hydrogen-bond donors (Lipinski definition) is 0. The van der Waals surface area contributed by atoms with Gasteiger partial charge >= 0.3 is 5.97 Å². The van der Waals surface area contributed by atoms with E-state index >= 15 is 0 Å². The largest absolute Gasteiger partial charge is 0.467 e. The molecule has 0 aromatic carbocycles. The van der Waals surface area contributed by atoms with Crippen molar-refractivity contribution in [3.05, 3.63) is 36.4 Å². The minimum absolute atomic E-state index is 0.283. The summed E-state index contributed by atoms with van der Waals surface area (Å²) in [4.78, 5) is 20.1. The van der Waals surface area contributed by atoms with Crippen molar-refractivity contribution in [3.8, 4) is 0 Å². The maximum Gasteiger partial charge on any atom is 0.328 e. The molecule has 0 fully saturated rings. The normalized spacial score (nSPS) is 12.4. The third-order valence-electron chi connectivity index (χ3n) is 2.95. The topological polar surface area (TPSA) is 61.9 Å². The fraction of sp³-hybridized carbons (Fsp3) is 0.417. The van der Waals surface area contributed by atoms with Crippen LogP contribution in [0.15, 0.2) is 24.8 Å². The maximum absolute atomic E-state index is 11.5. The van der Waals surface area contributed by atoms with Crippen LogP contribution in [0.2, 0.25) is 0 Å². The van der Waals surface area contributed by atoms with Gasteiger partial charge in [-0.05, 0) is 6.92 Å². The van der Waals surface area contributed by atoms with Crippen LogP contribution in [-0.2, 0) is 23.0 Å². The van der Waals surface area contributed by atoms with Gasteiger partial charge in [-0.2, -0.15) is 0 Å². The molecule has 0 spiro atoms. The lowest BCUT2D eigenvalue weighted by atomic mass is 10.3. The number of aromatic nitrogens is 4. The molecule has 18 heavy (non-hydrogen) atoms. The lowest BCUT2D eigenvalue weighted by Crippen LogP contribution is -2.19. The van der Waals surface area contributed by atoms with E-state index in [-0.39, 0.29) is 12.0 Å².